The van der Waals surface area contributed by atoms with Crippen molar-refractivity contribution in [3.8, 4) is 0 Å². The van der Waals surface area contributed by atoms with Gasteiger partial charge < -0.3 is 10.1 Å². The summed E-state index contributed by atoms with van der Waals surface area (Å²) in [6.07, 6.45) is 6.66. The van der Waals surface area contributed by atoms with E-state index in [2.05, 4.69) is 17.4 Å². The van der Waals surface area contributed by atoms with Gasteiger partial charge in [0, 0.05) is 19.8 Å². The van der Waals surface area contributed by atoms with Crippen LogP contribution in [-0.4, -0.2) is 25.7 Å². The van der Waals surface area contributed by atoms with Crippen LogP contribution in [0.1, 0.15) is 44.1 Å². The zero-order valence-corrected chi connectivity index (χ0v) is 12.6. The van der Waals surface area contributed by atoms with E-state index in [4.69, 9.17) is 4.74 Å². The van der Waals surface area contributed by atoms with Gasteiger partial charge in [-0.3, -0.25) is 4.79 Å². The molecule has 2 fully saturated rings. The normalized spacial score (nSPS) is 19.8. The highest BCUT2D eigenvalue weighted by Crippen LogP contribution is 2.43. The lowest BCUT2D eigenvalue weighted by molar-refractivity contribution is -0.130. The maximum atomic E-state index is 12.5. The molecule has 1 aromatic carbocycles. The number of benzene rings is 1. The number of ether oxygens (including phenoxy) is 1. The number of rotatable bonds is 8. The molecular weight excluding hydrogens is 262 g/mol. The predicted octanol–water partition coefficient (Wildman–Crippen LogP) is 3.04. The van der Waals surface area contributed by atoms with Crippen LogP contribution in [0.5, 0.6) is 0 Å². The van der Waals surface area contributed by atoms with Crippen molar-refractivity contribution in [3.05, 3.63) is 35.9 Å². The van der Waals surface area contributed by atoms with Crippen molar-refractivity contribution in [2.45, 2.75) is 43.9 Å². The summed E-state index contributed by atoms with van der Waals surface area (Å²) >= 11 is 0. The Morgan fingerprint density at radius 1 is 1.24 bits per heavy atom. The van der Waals surface area contributed by atoms with Gasteiger partial charge in [-0.15, -0.1) is 0 Å². The summed E-state index contributed by atoms with van der Waals surface area (Å²) in [5, 5.41) is 3.11. The molecular formula is C18H25NO2. The predicted molar refractivity (Wildman–Crippen MR) is 83.1 cm³/mol. The fraction of sp³-hybridized carbons (Fsp3) is 0.611. The van der Waals surface area contributed by atoms with Gasteiger partial charge in [0.15, 0.2) is 0 Å². The van der Waals surface area contributed by atoms with Crippen molar-refractivity contribution < 1.29 is 9.53 Å². The van der Waals surface area contributed by atoms with Gasteiger partial charge in [-0.25, -0.2) is 0 Å². The van der Waals surface area contributed by atoms with Crippen LogP contribution in [-0.2, 0) is 14.9 Å². The number of amides is 1. The molecule has 0 heterocycles. The second kappa shape index (κ2) is 6.61. The second-order valence-electron chi connectivity index (χ2n) is 6.43. The van der Waals surface area contributed by atoms with E-state index in [9.17, 15) is 4.79 Å². The highest BCUT2D eigenvalue weighted by Gasteiger charge is 2.45. The minimum Gasteiger partial charge on any atom is -0.381 e. The van der Waals surface area contributed by atoms with E-state index >= 15 is 0 Å². The zero-order valence-electron chi connectivity index (χ0n) is 12.6. The van der Waals surface area contributed by atoms with Gasteiger partial charge >= 0.3 is 0 Å². The fourth-order valence-corrected chi connectivity index (χ4v) is 3.01. The first-order chi connectivity index (χ1) is 10.3. The summed E-state index contributed by atoms with van der Waals surface area (Å²) in [5.41, 5.74) is 0.898. The van der Waals surface area contributed by atoms with Gasteiger partial charge in [-0.1, -0.05) is 36.8 Å². The monoisotopic (exact) mass is 287 g/mol. The zero-order chi connectivity index (χ0) is 14.5. The molecule has 0 spiro atoms. The van der Waals surface area contributed by atoms with Gasteiger partial charge in [0.1, 0.15) is 0 Å². The Labute approximate surface area is 127 Å². The summed E-state index contributed by atoms with van der Waals surface area (Å²) in [6, 6.07) is 10.2. The SMILES string of the molecule is O=C(NCCCOCC1CC1)C1(c2ccccc2)CCC1. The third kappa shape index (κ3) is 3.46. The van der Waals surface area contributed by atoms with E-state index < -0.39 is 0 Å². The Hall–Kier alpha value is -1.35. The van der Waals surface area contributed by atoms with Crippen LogP contribution in [0.2, 0.25) is 0 Å². The lowest BCUT2D eigenvalue weighted by Gasteiger charge is -2.40. The third-order valence-electron chi connectivity index (χ3n) is 4.77. The number of carbonyl (C=O) groups is 1. The van der Waals surface area contributed by atoms with Crippen molar-refractivity contribution in [3.63, 3.8) is 0 Å². The number of hydrogen-bond donors (Lipinski definition) is 1. The van der Waals surface area contributed by atoms with E-state index in [1.54, 1.807) is 0 Å². The Morgan fingerprint density at radius 3 is 2.62 bits per heavy atom. The average Bonchev–Trinajstić information content (AvgIpc) is 3.27. The number of carbonyl (C=O) groups excluding carboxylic acids is 1. The molecule has 0 aromatic heterocycles. The summed E-state index contributed by atoms with van der Waals surface area (Å²) < 4.78 is 5.60. The van der Waals surface area contributed by atoms with Crippen LogP contribution in [0, 0.1) is 5.92 Å². The fourth-order valence-electron chi connectivity index (χ4n) is 3.01. The molecule has 3 heteroatoms. The molecule has 0 saturated heterocycles. The minimum absolute atomic E-state index is 0.196. The molecule has 1 aromatic rings. The number of hydrogen-bond acceptors (Lipinski definition) is 2. The topological polar surface area (TPSA) is 38.3 Å². The lowest BCUT2D eigenvalue weighted by atomic mass is 9.64. The molecule has 1 amide bonds. The lowest BCUT2D eigenvalue weighted by Crippen LogP contribution is -2.49. The third-order valence-corrected chi connectivity index (χ3v) is 4.77. The van der Waals surface area contributed by atoms with Crippen LogP contribution in [0.15, 0.2) is 30.3 Å². The second-order valence-corrected chi connectivity index (χ2v) is 6.43. The molecule has 3 rings (SSSR count). The van der Waals surface area contributed by atoms with E-state index in [0.717, 1.165) is 51.4 Å². The molecule has 0 bridgehead atoms. The molecule has 2 aliphatic rings. The van der Waals surface area contributed by atoms with Crippen LogP contribution in [0.4, 0.5) is 0 Å². The van der Waals surface area contributed by atoms with Crippen molar-refractivity contribution in [1.29, 1.82) is 0 Å². The Morgan fingerprint density at radius 2 is 2.00 bits per heavy atom. The standard InChI is InChI=1S/C18H25NO2/c20-17(19-12-5-13-21-14-15-8-9-15)18(10-4-11-18)16-6-2-1-3-7-16/h1-3,6-7,15H,4-5,8-14H2,(H,19,20). The first-order valence-corrected chi connectivity index (χ1v) is 8.23. The summed E-state index contributed by atoms with van der Waals surface area (Å²) in [5.74, 6) is 1.01. The Balaban J connectivity index is 1.42. The van der Waals surface area contributed by atoms with Crippen molar-refractivity contribution in [2.24, 2.45) is 5.92 Å². The van der Waals surface area contributed by atoms with Crippen LogP contribution in [0.3, 0.4) is 0 Å². The summed E-state index contributed by atoms with van der Waals surface area (Å²) in [4.78, 5) is 12.5. The average molecular weight is 287 g/mol. The molecule has 0 atom stereocenters. The molecule has 1 N–H and O–H groups in total. The van der Waals surface area contributed by atoms with Crippen molar-refractivity contribution in [1.82, 2.24) is 5.32 Å². The van der Waals surface area contributed by atoms with Gasteiger partial charge in [0.2, 0.25) is 5.91 Å². The van der Waals surface area contributed by atoms with Gasteiger partial charge in [0.25, 0.3) is 0 Å². The molecule has 2 saturated carbocycles. The van der Waals surface area contributed by atoms with E-state index in [-0.39, 0.29) is 11.3 Å². The van der Waals surface area contributed by atoms with Crippen LogP contribution < -0.4 is 5.32 Å². The van der Waals surface area contributed by atoms with Crippen molar-refractivity contribution >= 4 is 5.91 Å². The minimum atomic E-state index is -0.268. The van der Waals surface area contributed by atoms with E-state index in [0.29, 0.717) is 0 Å². The van der Waals surface area contributed by atoms with Crippen LogP contribution >= 0.6 is 0 Å². The summed E-state index contributed by atoms with van der Waals surface area (Å²) in [6.45, 7) is 2.38. The van der Waals surface area contributed by atoms with E-state index in [1.807, 2.05) is 18.2 Å². The van der Waals surface area contributed by atoms with E-state index in [1.165, 1.54) is 18.4 Å². The van der Waals surface area contributed by atoms with Gasteiger partial charge in [-0.05, 0) is 43.6 Å². The molecule has 0 unspecified atom stereocenters. The summed E-state index contributed by atoms with van der Waals surface area (Å²) in [7, 11) is 0. The van der Waals surface area contributed by atoms with Crippen molar-refractivity contribution in [2.75, 3.05) is 19.8 Å². The Bertz CT molecular complexity index is 463. The number of nitrogens with one attached hydrogen (secondary N) is 1. The quantitative estimate of drug-likeness (QED) is 0.746. The molecule has 2 aliphatic carbocycles. The maximum Gasteiger partial charge on any atom is 0.230 e. The molecule has 114 valence electrons. The highest BCUT2D eigenvalue weighted by atomic mass is 16.5. The molecule has 0 aliphatic heterocycles. The first-order valence-electron chi connectivity index (χ1n) is 8.23. The van der Waals surface area contributed by atoms with Gasteiger partial charge in [-0.2, -0.15) is 0 Å². The molecule has 0 radical (unpaired) electrons. The van der Waals surface area contributed by atoms with Crippen LogP contribution in [0.25, 0.3) is 0 Å². The maximum absolute atomic E-state index is 12.5. The molecule has 21 heavy (non-hydrogen) atoms. The Kier molecular flexibility index (Phi) is 4.59. The largest absolute Gasteiger partial charge is 0.381 e. The highest BCUT2D eigenvalue weighted by molar-refractivity contribution is 5.89. The van der Waals surface area contributed by atoms with Gasteiger partial charge in [0.05, 0.1) is 5.41 Å². The first kappa shape index (κ1) is 14.6. The molecule has 3 nitrogen and oxygen atoms in total. The smallest absolute Gasteiger partial charge is 0.230 e.